The maximum atomic E-state index is 12.7. The SMILES string of the molecule is CCN(CC)CCNC(=O)c1ccc(NC(=O)Nc2ccc(C(=O)N(C)c3ccccc3)cc2)cc1. The molecule has 0 fully saturated rings. The Kier molecular flexibility index (Phi) is 9.59. The van der Waals surface area contributed by atoms with Crippen LogP contribution in [0.5, 0.6) is 0 Å². The molecule has 0 bridgehead atoms. The van der Waals surface area contributed by atoms with Crippen LogP contribution in [0.2, 0.25) is 0 Å². The zero-order valence-corrected chi connectivity index (χ0v) is 21.0. The molecule has 0 aromatic heterocycles. The lowest BCUT2D eigenvalue weighted by atomic mass is 10.1. The van der Waals surface area contributed by atoms with Crippen LogP contribution in [0.4, 0.5) is 21.9 Å². The predicted octanol–water partition coefficient (Wildman–Crippen LogP) is 4.68. The van der Waals surface area contributed by atoms with Crippen LogP contribution in [0.25, 0.3) is 0 Å². The average molecular weight is 488 g/mol. The van der Waals surface area contributed by atoms with Crippen molar-refractivity contribution in [2.45, 2.75) is 13.8 Å². The van der Waals surface area contributed by atoms with E-state index in [2.05, 4.69) is 34.7 Å². The van der Waals surface area contributed by atoms with Crippen LogP contribution < -0.4 is 20.9 Å². The van der Waals surface area contributed by atoms with Gasteiger partial charge in [-0.05, 0) is 73.8 Å². The van der Waals surface area contributed by atoms with E-state index in [4.69, 9.17) is 0 Å². The summed E-state index contributed by atoms with van der Waals surface area (Å²) >= 11 is 0. The van der Waals surface area contributed by atoms with Gasteiger partial charge in [0.1, 0.15) is 0 Å². The highest BCUT2D eigenvalue weighted by atomic mass is 16.2. The molecule has 3 rings (SSSR count). The van der Waals surface area contributed by atoms with E-state index >= 15 is 0 Å². The van der Waals surface area contributed by atoms with Crippen molar-refractivity contribution in [1.82, 2.24) is 10.2 Å². The van der Waals surface area contributed by atoms with Gasteiger partial charge in [-0.15, -0.1) is 0 Å². The zero-order chi connectivity index (χ0) is 25.9. The molecule has 188 valence electrons. The van der Waals surface area contributed by atoms with Gasteiger partial charge >= 0.3 is 6.03 Å². The number of hydrogen-bond donors (Lipinski definition) is 3. The van der Waals surface area contributed by atoms with E-state index in [1.807, 2.05) is 30.3 Å². The number of urea groups is 1. The van der Waals surface area contributed by atoms with Crippen molar-refractivity contribution < 1.29 is 14.4 Å². The summed E-state index contributed by atoms with van der Waals surface area (Å²) in [6.45, 7) is 7.46. The lowest BCUT2D eigenvalue weighted by Crippen LogP contribution is -2.34. The summed E-state index contributed by atoms with van der Waals surface area (Å²) in [4.78, 5) is 41.2. The molecule has 36 heavy (non-hydrogen) atoms. The summed E-state index contributed by atoms with van der Waals surface area (Å²) in [5.41, 5.74) is 2.95. The van der Waals surface area contributed by atoms with Crippen LogP contribution in [0, 0.1) is 0 Å². The third-order valence-corrected chi connectivity index (χ3v) is 5.85. The minimum absolute atomic E-state index is 0.144. The Morgan fingerprint density at radius 3 is 1.78 bits per heavy atom. The van der Waals surface area contributed by atoms with Gasteiger partial charge in [0.2, 0.25) is 0 Å². The number of amides is 4. The van der Waals surface area contributed by atoms with Gasteiger partial charge in [0.05, 0.1) is 0 Å². The number of hydrogen-bond acceptors (Lipinski definition) is 4. The molecule has 3 aromatic carbocycles. The molecule has 3 aromatic rings. The van der Waals surface area contributed by atoms with Gasteiger partial charge in [-0.1, -0.05) is 32.0 Å². The molecule has 0 spiro atoms. The van der Waals surface area contributed by atoms with E-state index < -0.39 is 6.03 Å². The molecule has 4 amide bonds. The number of likely N-dealkylation sites (N-methyl/N-ethyl adjacent to an activating group) is 1. The molecular formula is C28H33N5O3. The molecule has 0 saturated carbocycles. The third-order valence-electron chi connectivity index (χ3n) is 5.85. The maximum absolute atomic E-state index is 12.7. The van der Waals surface area contributed by atoms with E-state index in [0.29, 0.717) is 29.0 Å². The molecular weight excluding hydrogens is 454 g/mol. The van der Waals surface area contributed by atoms with Crippen molar-refractivity contribution in [2.24, 2.45) is 0 Å². The highest BCUT2D eigenvalue weighted by molar-refractivity contribution is 6.06. The largest absolute Gasteiger partial charge is 0.351 e. The van der Waals surface area contributed by atoms with Crippen LogP contribution in [0.1, 0.15) is 34.6 Å². The topological polar surface area (TPSA) is 93.8 Å². The fourth-order valence-electron chi connectivity index (χ4n) is 3.63. The summed E-state index contributed by atoms with van der Waals surface area (Å²) in [6, 6.07) is 22.4. The minimum Gasteiger partial charge on any atom is -0.351 e. The molecule has 0 unspecified atom stereocenters. The van der Waals surface area contributed by atoms with E-state index in [9.17, 15) is 14.4 Å². The van der Waals surface area contributed by atoms with Crippen LogP contribution in [-0.4, -0.2) is 56.0 Å². The Labute approximate surface area is 212 Å². The van der Waals surface area contributed by atoms with Crippen LogP contribution >= 0.6 is 0 Å². The summed E-state index contributed by atoms with van der Waals surface area (Å²) in [5.74, 6) is -0.292. The number of benzene rings is 3. The van der Waals surface area contributed by atoms with Gasteiger partial charge in [0, 0.05) is 48.3 Å². The molecule has 8 nitrogen and oxygen atoms in total. The standard InChI is InChI=1S/C28H33N5O3/c1-4-33(5-2)20-19-29-26(34)21-11-15-23(16-12-21)30-28(36)31-24-17-13-22(14-18-24)27(35)32(3)25-9-7-6-8-10-25/h6-18H,4-5,19-20H2,1-3H3,(H,29,34)(H2,30,31,36). The van der Waals surface area contributed by atoms with Crippen molar-refractivity contribution in [3.8, 4) is 0 Å². The highest BCUT2D eigenvalue weighted by Crippen LogP contribution is 2.17. The van der Waals surface area contributed by atoms with E-state index in [1.54, 1.807) is 60.5 Å². The van der Waals surface area contributed by atoms with E-state index in [-0.39, 0.29) is 11.8 Å². The number of anilines is 3. The second-order valence-electron chi connectivity index (χ2n) is 8.22. The van der Waals surface area contributed by atoms with E-state index in [0.717, 1.165) is 25.3 Å². The summed E-state index contributed by atoms with van der Waals surface area (Å²) in [6.07, 6.45) is 0. The van der Waals surface area contributed by atoms with E-state index in [1.165, 1.54) is 0 Å². The first-order valence-electron chi connectivity index (χ1n) is 12.0. The highest BCUT2D eigenvalue weighted by Gasteiger charge is 2.13. The van der Waals surface area contributed by atoms with Gasteiger partial charge in [-0.2, -0.15) is 0 Å². The van der Waals surface area contributed by atoms with Crippen LogP contribution in [-0.2, 0) is 0 Å². The van der Waals surface area contributed by atoms with Gasteiger partial charge < -0.3 is 25.8 Å². The number of carbonyl (C=O) groups excluding carboxylic acids is 3. The monoisotopic (exact) mass is 487 g/mol. The molecule has 8 heteroatoms. The molecule has 0 saturated heterocycles. The number of nitrogens with zero attached hydrogens (tertiary/aromatic N) is 2. The van der Waals surface area contributed by atoms with Gasteiger partial charge in [0.25, 0.3) is 11.8 Å². The number of nitrogens with one attached hydrogen (secondary N) is 3. The van der Waals surface area contributed by atoms with Crippen molar-refractivity contribution in [3.63, 3.8) is 0 Å². The predicted molar refractivity (Wildman–Crippen MR) is 145 cm³/mol. The molecule has 0 aliphatic heterocycles. The second kappa shape index (κ2) is 13.1. The first-order chi connectivity index (χ1) is 17.4. The quantitative estimate of drug-likeness (QED) is 0.387. The fourth-order valence-corrected chi connectivity index (χ4v) is 3.63. The molecule has 0 aliphatic rings. The third kappa shape index (κ3) is 7.41. The average Bonchev–Trinajstić information content (AvgIpc) is 2.91. The Bertz CT molecular complexity index is 1140. The van der Waals surface area contributed by atoms with Crippen LogP contribution in [0.3, 0.4) is 0 Å². The van der Waals surface area contributed by atoms with Crippen LogP contribution in [0.15, 0.2) is 78.9 Å². The Hall–Kier alpha value is -4.17. The summed E-state index contributed by atoms with van der Waals surface area (Å²) < 4.78 is 0. The first kappa shape index (κ1) is 26.4. The smallest absolute Gasteiger partial charge is 0.323 e. The number of rotatable bonds is 10. The lowest BCUT2D eigenvalue weighted by Gasteiger charge is -2.18. The number of carbonyl (C=O) groups is 3. The maximum Gasteiger partial charge on any atom is 0.323 e. The second-order valence-corrected chi connectivity index (χ2v) is 8.22. The van der Waals surface area contributed by atoms with Crippen molar-refractivity contribution >= 4 is 34.9 Å². The van der Waals surface area contributed by atoms with Crippen molar-refractivity contribution in [3.05, 3.63) is 90.0 Å². The van der Waals surface area contributed by atoms with Crippen molar-refractivity contribution in [2.75, 3.05) is 48.8 Å². The summed E-state index contributed by atoms with van der Waals surface area (Å²) in [7, 11) is 1.72. The Morgan fingerprint density at radius 1 is 0.722 bits per heavy atom. The minimum atomic E-state index is -0.424. The number of para-hydroxylation sites is 1. The Morgan fingerprint density at radius 2 is 1.25 bits per heavy atom. The van der Waals surface area contributed by atoms with Gasteiger partial charge in [-0.3, -0.25) is 9.59 Å². The van der Waals surface area contributed by atoms with Gasteiger partial charge in [-0.25, -0.2) is 4.79 Å². The molecule has 0 radical (unpaired) electrons. The normalized spacial score (nSPS) is 10.6. The fraction of sp³-hybridized carbons (Fsp3) is 0.250. The lowest BCUT2D eigenvalue weighted by molar-refractivity contribution is 0.0947. The Balaban J connectivity index is 1.49. The van der Waals surface area contributed by atoms with Crippen molar-refractivity contribution in [1.29, 1.82) is 0 Å². The molecule has 0 heterocycles. The molecule has 0 aliphatic carbocycles. The van der Waals surface area contributed by atoms with Gasteiger partial charge in [0.15, 0.2) is 0 Å². The summed E-state index contributed by atoms with van der Waals surface area (Å²) in [5, 5.41) is 8.40. The first-order valence-corrected chi connectivity index (χ1v) is 12.0. The molecule has 0 atom stereocenters. The molecule has 3 N–H and O–H groups in total. The zero-order valence-electron chi connectivity index (χ0n) is 21.0.